The Hall–Kier alpha value is -2.25. The number of halogens is 1. The number of hydrogen-bond donors (Lipinski definition) is 0. The molecule has 0 atom stereocenters. The first-order valence-electron chi connectivity index (χ1n) is 9.78. The standard InChI is InChI=1S/C20H26ClN5O2/c1-2-25(18-15-26(23-20(18)21)16-7-6-10-22-13-16)19(28)9-8-17(27)14-24-11-4-3-5-12-24/h6-7,10,13,15H,2-5,8-9,11-12,14H2,1H3. The molecule has 1 fully saturated rings. The van der Waals surface area contributed by atoms with Crippen LogP contribution >= 0.6 is 11.6 Å². The van der Waals surface area contributed by atoms with E-state index >= 15 is 0 Å². The number of ketones is 1. The molecule has 0 spiro atoms. The molecule has 1 saturated heterocycles. The molecule has 0 unspecified atom stereocenters. The SMILES string of the molecule is CCN(C(=O)CCC(=O)CN1CCCCC1)c1cn(-c2cccnc2)nc1Cl. The van der Waals surface area contributed by atoms with Crippen LogP contribution in [0.15, 0.2) is 30.7 Å². The highest BCUT2D eigenvalue weighted by Crippen LogP contribution is 2.26. The third kappa shape index (κ3) is 5.17. The van der Waals surface area contributed by atoms with Crippen molar-refractivity contribution in [2.75, 3.05) is 31.1 Å². The topological polar surface area (TPSA) is 71.3 Å². The lowest BCUT2D eigenvalue weighted by atomic mass is 10.1. The largest absolute Gasteiger partial charge is 0.308 e. The molecule has 0 radical (unpaired) electrons. The number of rotatable bonds is 8. The van der Waals surface area contributed by atoms with E-state index in [-0.39, 0.29) is 29.7 Å². The Morgan fingerprint density at radius 3 is 2.68 bits per heavy atom. The first-order valence-corrected chi connectivity index (χ1v) is 10.2. The van der Waals surface area contributed by atoms with Crippen LogP contribution in [0.1, 0.15) is 39.0 Å². The Morgan fingerprint density at radius 2 is 2.00 bits per heavy atom. The van der Waals surface area contributed by atoms with Gasteiger partial charge in [0, 0.05) is 25.6 Å². The molecule has 0 N–H and O–H groups in total. The number of nitrogens with zero attached hydrogens (tertiary/aromatic N) is 5. The van der Waals surface area contributed by atoms with Crippen LogP contribution in [0.3, 0.4) is 0 Å². The van der Waals surface area contributed by atoms with Gasteiger partial charge in [0.25, 0.3) is 0 Å². The molecule has 2 aromatic heterocycles. The number of carbonyl (C=O) groups is 2. The summed E-state index contributed by atoms with van der Waals surface area (Å²) in [6, 6.07) is 3.67. The van der Waals surface area contributed by atoms with Crippen LogP contribution in [0.4, 0.5) is 5.69 Å². The Bertz CT molecular complexity index is 802. The second kappa shape index (κ2) is 9.80. The molecule has 3 heterocycles. The maximum absolute atomic E-state index is 12.7. The van der Waals surface area contributed by atoms with E-state index in [0.717, 1.165) is 31.6 Å². The summed E-state index contributed by atoms with van der Waals surface area (Å²) in [5.74, 6) is -0.00872. The summed E-state index contributed by atoms with van der Waals surface area (Å²) < 4.78 is 1.60. The molecule has 2 aromatic rings. The molecule has 3 rings (SSSR count). The van der Waals surface area contributed by atoms with E-state index in [1.54, 1.807) is 34.2 Å². The smallest absolute Gasteiger partial charge is 0.227 e. The van der Waals surface area contributed by atoms with Crippen LogP contribution in [0.2, 0.25) is 5.15 Å². The van der Waals surface area contributed by atoms with Gasteiger partial charge in [0.1, 0.15) is 11.5 Å². The summed E-state index contributed by atoms with van der Waals surface area (Å²) in [6.07, 6.45) is 9.03. The summed E-state index contributed by atoms with van der Waals surface area (Å²) in [5.41, 5.74) is 1.30. The number of anilines is 1. The fraction of sp³-hybridized carbons (Fsp3) is 0.500. The summed E-state index contributed by atoms with van der Waals surface area (Å²) in [6.45, 7) is 4.73. The molecule has 0 saturated carbocycles. The summed E-state index contributed by atoms with van der Waals surface area (Å²) >= 11 is 6.28. The minimum Gasteiger partial charge on any atom is -0.308 e. The lowest BCUT2D eigenvalue weighted by Crippen LogP contribution is -2.35. The van der Waals surface area contributed by atoms with Crippen molar-refractivity contribution in [3.05, 3.63) is 35.9 Å². The zero-order chi connectivity index (χ0) is 19.9. The van der Waals surface area contributed by atoms with E-state index in [1.165, 1.54) is 6.42 Å². The van der Waals surface area contributed by atoms with Crippen LogP contribution in [0.25, 0.3) is 5.69 Å². The van der Waals surface area contributed by atoms with Crippen molar-refractivity contribution in [2.45, 2.75) is 39.0 Å². The van der Waals surface area contributed by atoms with Crippen LogP contribution in [-0.2, 0) is 9.59 Å². The van der Waals surface area contributed by atoms with Crippen LogP contribution < -0.4 is 4.90 Å². The highest BCUT2D eigenvalue weighted by atomic mass is 35.5. The van der Waals surface area contributed by atoms with E-state index in [9.17, 15) is 9.59 Å². The van der Waals surface area contributed by atoms with E-state index < -0.39 is 0 Å². The van der Waals surface area contributed by atoms with Crippen LogP contribution in [0.5, 0.6) is 0 Å². The highest BCUT2D eigenvalue weighted by Gasteiger charge is 2.21. The monoisotopic (exact) mass is 403 g/mol. The normalized spacial score (nSPS) is 14.8. The van der Waals surface area contributed by atoms with Gasteiger partial charge in [-0.25, -0.2) is 4.68 Å². The van der Waals surface area contributed by atoms with Crippen molar-refractivity contribution < 1.29 is 9.59 Å². The lowest BCUT2D eigenvalue weighted by molar-refractivity contribution is -0.124. The fourth-order valence-corrected chi connectivity index (χ4v) is 3.69. The predicted molar refractivity (Wildman–Crippen MR) is 109 cm³/mol. The molecule has 1 aliphatic heterocycles. The molecule has 1 aliphatic rings. The van der Waals surface area contributed by atoms with Gasteiger partial charge in [0.2, 0.25) is 5.91 Å². The third-order valence-corrected chi connectivity index (χ3v) is 5.21. The molecular formula is C20H26ClN5O2. The van der Waals surface area contributed by atoms with E-state index in [2.05, 4.69) is 15.0 Å². The molecule has 0 aromatic carbocycles. The number of carbonyl (C=O) groups excluding carboxylic acids is 2. The Labute approximate surface area is 170 Å². The molecular weight excluding hydrogens is 378 g/mol. The second-order valence-electron chi connectivity index (χ2n) is 6.97. The molecule has 0 aliphatic carbocycles. The number of piperidine rings is 1. The second-order valence-corrected chi connectivity index (χ2v) is 7.33. The quantitative estimate of drug-likeness (QED) is 0.677. The molecule has 0 bridgehead atoms. The minimum absolute atomic E-state index is 0.114. The number of hydrogen-bond acceptors (Lipinski definition) is 5. The number of likely N-dealkylation sites (tertiary alicyclic amines) is 1. The molecule has 7 nitrogen and oxygen atoms in total. The van der Waals surface area contributed by atoms with Crippen molar-refractivity contribution in [3.63, 3.8) is 0 Å². The van der Waals surface area contributed by atoms with Crippen LogP contribution in [0, 0.1) is 0 Å². The summed E-state index contributed by atoms with van der Waals surface area (Å²) in [5, 5.41) is 4.53. The van der Waals surface area contributed by atoms with Crippen molar-refractivity contribution in [1.29, 1.82) is 0 Å². The number of Topliss-reactive ketones (excluding diaryl/α,β-unsaturated/α-hetero) is 1. The first-order chi connectivity index (χ1) is 13.6. The Balaban J connectivity index is 1.60. The Morgan fingerprint density at radius 1 is 1.21 bits per heavy atom. The van der Waals surface area contributed by atoms with Crippen molar-refractivity contribution in [1.82, 2.24) is 19.7 Å². The molecule has 8 heteroatoms. The van der Waals surface area contributed by atoms with Gasteiger partial charge in [-0.2, -0.15) is 5.10 Å². The van der Waals surface area contributed by atoms with E-state index in [0.29, 0.717) is 18.8 Å². The van der Waals surface area contributed by atoms with E-state index in [1.807, 2.05) is 13.0 Å². The van der Waals surface area contributed by atoms with Gasteiger partial charge in [-0.1, -0.05) is 18.0 Å². The average Bonchev–Trinajstić information content (AvgIpc) is 3.10. The first kappa shape index (κ1) is 20.5. The van der Waals surface area contributed by atoms with Gasteiger partial charge in [-0.3, -0.25) is 19.5 Å². The predicted octanol–water partition coefficient (Wildman–Crippen LogP) is 3.11. The maximum Gasteiger partial charge on any atom is 0.227 e. The lowest BCUT2D eigenvalue weighted by Gasteiger charge is -2.25. The molecule has 1 amide bonds. The van der Waals surface area contributed by atoms with Crippen molar-refractivity contribution >= 4 is 29.0 Å². The van der Waals surface area contributed by atoms with Gasteiger partial charge >= 0.3 is 0 Å². The average molecular weight is 404 g/mol. The number of amides is 1. The van der Waals surface area contributed by atoms with Crippen molar-refractivity contribution in [2.24, 2.45) is 0 Å². The van der Waals surface area contributed by atoms with Crippen LogP contribution in [-0.4, -0.2) is 57.5 Å². The summed E-state index contributed by atoms with van der Waals surface area (Å²) in [4.78, 5) is 32.8. The van der Waals surface area contributed by atoms with Crippen molar-refractivity contribution in [3.8, 4) is 5.69 Å². The van der Waals surface area contributed by atoms with Gasteiger partial charge in [0.05, 0.1) is 24.6 Å². The van der Waals surface area contributed by atoms with Gasteiger partial charge in [0.15, 0.2) is 5.15 Å². The van der Waals surface area contributed by atoms with Gasteiger partial charge in [-0.05, 0) is 45.0 Å². The minimum atomic E-state index is -0.123. The zero-order valence-electron chi connectivity index (χ0n) is 16.2. The highest BCUT2D eigenvalue weighted by molar-refractivity contribution is 6.32. The number of pyridine rings is 1. The van der Waals surface area contributed by atoms with Gasteiger partial charge in [-0.15, -0.1) is 0 Å². The maximum atomic E-state index is 12.7. The third-order valence-electron chi connectivity index (χ3n) is 4.94. The number of aromatic nitrogens is 3. The molecule has 28 heavy (non-hydrogen) atoms. The summed E-state index contributed by atoms with van der Waals surface area (Å²) in [7, 11) is 0. The zero-order valence-corrected chi connectivity index (χ0v) is 16.9. The fourth-order valence-electron chi connectivity index (χ4n) is 3.45. The van der Waals surface area contributed by atoms with E-state index in [4.69, 9.17) is 11.6 Å². The Kier molecular flexibility index (Phi) is 7.17. The molecule has 150 valence electrons. The van der Waals surface area contributed by atoms with Gasteiger partial charge < -0.3 is 4.90 Å².